The fourth-order valence-corrected chi connectivity index (χ4v) is 9.86. The van der Waals surface area contributed by atoms with E-state index in [0.717, 1.165) is 50.3 Å². The largest absolute Gasteiger partial charge is 0.493 e. The van der Waals surface area contributed by atoms with Crippen LogP contribution >= 0.6 is 11.3 Å². The Labute approximate surface area is 388 Å². The van der Waals surface area contributed by atoms with E-state index in [-0.39, 0.29) is 63.2 Å². The number of nitrogens with one attached hydrogen (secondary N) is 3. The standard InChI is InChI=1S/C50H61F3N6O6S/c1-29-20-36-35-12-8-9-13-39(35)56-43(36)44(59(29)27-50(6,7)53)42-37(51)22-34(23-38(42)52)65-19-11-10-18-64-26-41(61)57-46(49(3,4)5)48(63)58-25-33(60)21-40(58)47(62)54-24-31-14-16-32(17-15-31)45-30(2)55-28-66-45/h8-9,12-17,22-23,28-29,33,40,44,46,56,60H,10-11,18-21,24-27H2,1-7H3,(H,54,62)(H,57,61)/t29-,33-,40+,44-,46?/m1/s1. The maximum Gasteiger partial charge on any atom is 0.246 e. The molecule has 2 aromatic heterocycles. The first-order valence-electron chi connectivity index (χ1n) is 22.6. The van der Waals surface area contributed by atoms with Gasteiger partial charge in [0.2, 0.25) is 17.7 Å². The predicted molar refractivity (Wildman–Crippen MR) is 249 cm³/mol. The van der Waals surface area contributed by atoms with Crippen LogP contribution in [0.25, 0.3) is 21.3 Å². The van der Waals surface area contributed by atoms with Crippen LogP contribution in [-0.4, -0.2) is 105 Å². The van der Waals surface area contributed by atoms with E-state index < -0.39 is 64.7 Å². The molecular formula is C50H61F3N6O6S. The molecule has 12 nitrogen and oxygen atoms in total. The Morgan fingerprint density at radius 2 is 1.71 bits per heavy atom. The Kier molecular flexibility index (Phi) is 15.0. The van der Waals surface area contributed by atoms with Crippen molar-refractivity contribution in [3.8, 4) is 16.2 Å². The molecule has 16 heteroatoms. The molecule has 4 heterocycles. The maximum absolute atomic E-state index is 16.1. The van der Waals surface area contributed by atoms with Gasteiger partial charge in [0, 0.05) is 73.0 Å². The molecule has 0 aliphatic carbocycles. The first kappa shape index (κ1) is 48.6. The van der Waals surface area contributed by atoms with E-state index in [1.807, 2.05) is 67.3 Å². The smallest absolute Gasteiger partial charge is 0.246 e. The van der Waals surface area contributed by atoms with E-state index in [1.165, 1.54) is 18.7 Å². The van der Waals surface area contributed by atoms with E-state index in [0.29, 0.717) is 25.0 Å². The van der Waals surface area contributed by atoms with Crippen LogP contribution in [0, 0.1) is 24.0 Å². The molecule has 7 rings (SSSR count). The van der Waals surface area contributed by atoms with Gasteiger partial charge >= 0.3 is 0 Å². The topological polar surface area (TPSA) is 149 Å². The average molecular weight is 931 g/mol. The Morgan fingerprint density at radius 3 is 2.38 bits per heavy atom. The number of alkyl halides is 1. The minimum absolute atomic E-state index is 0.0168. The lowest BCUT2D eigenvalue weighted by molar-refractivity contribution is -0.144. The zero-order valence-electron chi connectivity index (χ0n) is 38.7. The molecule has 2 aliphatic rings. The van der Waals surface area contributed by atoms with E-state index >= 15 is 13.2 Å². The number of nitrogens with zero attached hydrogens (tertiary/aromatic N) is 3. The second kappa shape index (κ2) is 20.3. The lowest BCUT2D eigenvalue weighted by atomic mass is 9.85. The number of benzene rings is 3. The van der Waals surface area contributed by atoms with Crippen LogP contribution in [0.3, 0.4) is 0 Å². The van der Waals surface area contributed by atoms with Gasteiger partial charge in [-0.2, -0.15) is 0 Å². The Balaban J connectivity index is 0.886. The third kappa shape index (κ3) is 11.3. The first-order valence-corrected chi connectivity index (χ1v) is 23.5. The molecule has 4 N–H and O–H groups in total. The zero-order chi connectivity index (χ0) is 47.5. The van der Waals surface area contributed by atoms with Gasteiger partial charge in [0.25, 0.3) is 0 Å². The number of carbonyl (C=O) groups excluding carboxylic acids is 3. The number of unbranched alkanes of at least 4 members (excludes halogenated alkanes) is 1. The van der Waals surface area contributed by atoms with Gasteiger partial charge in [0.15, 0.2) is 0 Å². The number of aryl methyl sites for hydroxylation is 1. The number of hydrogen-bond acceptors (Lipinski definition) is 9. The molecule has 0 spiro atoms. The number of halogens is 3. The highest BCUT2D eigenvalue weighted by atomic mass is 32.1. The molecule has 3 aromatic carbocycles. The number of hydrogen-bond donors (Lipinski definition) is 4. The summed E-state index contributed by atoms with van der Waals surface area (Å²) < 4.78 is 58.7. The SMILES string of the molecule is Cc1ncsc1-c1ccc(CNC(=O)[C@@H]2C[C@@H](O)CN2C(=O)C(NC(=O)COCCCCOc2cc(F)c([C@@H]3c4[nH]c5ccccc5c4C[C@@H](C)N3CC(C)(C)F)c(F)c2)C(C)(C)C)cc1. The highest BCUT2D eigenvalue weighted by Gasteiger charge is 2.45. The van der Waals surface area contributed by atoms with E-state index in [4.69, 9.17) is 9.47 Å². The molecule has 1 fully saturated rings. The van der Waals surface area contributed by atoms with Gasteiger partial charge in [0.1, 0.15) is 41.7 Å². The summed E-state index contributed by atoms with van der Waals surface area (Å²) in [6.07, 6.45) is 0.681. The summed E-state index contributed by atoms with van der Waals surface area (Å²) >= 11 is 1.56. The van der Waals surface area contributed by atoms with Gasteiger partial charge in [-0.3, -0.25) is 19.3 Å². The number of ether oxygens (including phenoxy) is 2. The molecule has 0 bridgehead atoms. The molecule has 0 radical (unpaired) electrons. The number of aromatic amines is 1. The number of para-hydroxylation sites is 1. The maximum atomic E-state index is 16.1. The van der Waals surface area contributed by atoms with Gasteiger partial charge < -0.3 is 35.1 Å². The number of likely N-dealkylation sites (tertiary alicyclic amines) is 1. The van der Waals surface area contributed by atoms with Gasteiger partial charge in [-0.05, 0) is 75.1 Å². The summed E-state index contributed by atoms with van der Waals surface area (Å²) in [6, 6.07) is 14.8. The number of aliphatic hydroxyl groups is 1. The zero-order valence-corrected chi connectivity index (χ0v) is 39.5. The fraction of sp³-hybridized carbons (Fsp3) is 0.480. The van der Waals surface area contributed by atoms with Crippen molar-refractivity contribution >= 4 is 40.0 Å². The minimum Gasteiger partial charge on any atom is -0.493 e. The lowest BCUT2D eigenvalue weighted by Crippen LogP contribution is -2.58. The van der Waals surface area contributed by atoms with E-state index in [2.05, 4.69) is 20.6 Å². The molecule has 2 aliphatic heterocycles. The van der Waals surface area contributed by atoms with Crippen molar-refractivity contribution in [2.45, 2.75) is 117 Å². The number of amides is 3. The van der Waals surface area contributed by atoms with Crippen LogP contribution in [0.5, 0.6) is 5.75 Å². The monoisotopic (exact) mass is 930 g/mol. The van der Waals surface area contributed by atoms with E-state index in [1.54, 1.807) is 37.6 Å². The Morgan fingerprint density at radius 1 is 1.02 bits per heavy atom. The van der Waals surface area contributed by atoms with Gasteiger partial charge in [-0.1, -0.05) is 63.2 Å². The van der Waals surface area contributed by atoms with Crippen LogP contribution in [-0.2, 0) is 32.1 Å². The average Bonchev–Trinajstić information content (AvgIpc) is 3.97. The number of aliphatic hydroxyl groups excluding tert-OH is 1. The molecule has 5 aromatic rings. The third-order valence-electron chi connectivity index (χ3n) is 12.3. The molecule has 66 heavy (non-hydrogen) atoms. The summed E-state index contributed by atoms with van der Waals surface area (Å²) in [5, 5.41) is 17.2. The third-order valence-corrected chi connectivity index (χ3v) is 13.3. The van der Waals surface area contributed by atoms with Crippen molar-refractivity contribution < 1.29 is 42.1 Å². The molecule has 1 saturated heterocycles. The van der Waals surface area contributed by atoms with Gasteiger partial charge in [0.05, 0.1) is 34.8 Å². The summed E-state index contributed by atoms with van der Waals surface area (Å²) in [6.45, 7) is 12.4. The van der Waals surface area contributed by atoms with Crippen molar-refractivity contribution in [2.75, 3.05) is 32.9 Å². The quantitative estimate of drug-likeness (QED) is 0.0688. The van der Waals surface area contributed by atoms with Gasteiger partial charge in [-0.15, -0.1) is 11.3 Å². The highest BCUT2D eigenvalue weighted by molar-refractivity contribution is 7.13. The highest BCUT2D eigenvalue weighted by Crippen LogP contribution is 2.44. The summed E-state index contributed by atoms with van der Waals surface area (Å²) in [5.41, 5.74) is 4.59. The normalized spacial score (nSPS) is 19.5. The first-order chi connectivity index (χ1) is 31.3. The lowest BCUT2D eigenvalue weighted by Gasteiger charge is -2.43. The van der Waals surface area contributed by atoms with Crippen LogP contribution in [0.4, 0.5) is 13.2 Å². The molecule has 354 valence electrons. The Hall–Kier alpha value is -5.29. The second-order valence-electron chi connectivity index (χ2n) is 19.3. The molecule has 5 atom stereocenters. The number of aromatic nitrogens is 2. The van der Waals surface area contributed by atoms with Crippen molar-refractivity contribution in [3.63, 3.8) is 0 Å². The van der Waals surface area contributed by atoms with Crippen molar-refractivity contribution in [3.05, 3.63) is 106 Å². The van der Waals surface area contributed by atoms with Crippen LogP contribution in [0.15, 0.2) is 66.2 Å². The summed E-state index contributed by atoms with van der Waals surface area (Å²) in [4.78, 5) is 52.5. The van der Waals surface area contributed by atoms with Crippen molar-refractivity contribution in [1.82, 2.24) is 30.4 Å². The minimum atomic E-state index is -1.62. The Bertz CT molecular complexity index is 2490. The summed E-state index contributed by atoms with van der Waals surface area (Å²) in [5.74, 6) is -2.97. The van der Waals surface area contributed by atoms with Crippen LogP contribution in [0.2, 0.25) is 0 Å². The van der Waals surface area contributed by atoms with E-state index in [9.17, 15) is 19.5 Å². The van der Waals surface area contributed by atoms with Crippen LogP contribution in [0.1, 0.15) is 94.9 Å². The fourth-order valence-electron chi connectivity index (χ4n) is 9.05. The number of fused-ring (bicyclic) bond motifs is 3. The molecule has 0 saturated carbocycles. The van der Waals surface area contributed by atoms with Crippen molar-refractivity contribution in [1.29, 1.82) is 0 Å². The number of thiazole rings is 1. The second-order valence-corrected chi connectivity index (χ2v) is 20.1. The number of rotatable bonds is 17. The van der Waals surface area contributed by atoms with Gasteiger partial charge in [-0.25, -0.2) is 18.2 Å². The number of carbonyl (C=O) groups is 3. The van der Waals surface area contributed by atoms with Crippen LogP contribution < -0.4 is 15.4 Å². The molecular weight excluding hydrogens is 870 g/mol. The predicted octanol–water partition coefficient (Wildman–Crippen LogP) is 7.95. The summed E-state index contributed by atoms with van der Waals surface area (Å²) in [7, 11) is 0. The number of β-amino-alcohol motifs (C(OH)–C–C–N with tert-alkyl or cyclic N) is 1. The molecule has 1 unspecified atom stereocenters. The van der Waals surface area contributed by atoms with Crippen molar-refractivity contribution in [2.24, 2.45) is 5.41 Å². The molecule has 3 amide bonds. The number of H-pyrrole nitrogens is 1.